The molecule has 3 unspecified atom stereocenters. The molecule has 0 spiro atoms. The van der Waals surface area contributed by atoms with E-state index < -0.39 is 0 Å². The van der Waals surface area contributed by atoms with Crippen molar-refractivity contribution in [1.82, 2.24) is 15.5 Å². The number of likely N-dealkylation sites (N-methyl/N-ethyl adjacent to an activating group) is 1. The van der Waals surface area contributed by atoms with E-state index in [0.717, 1.165) is 31.5 Å². The molecular weight excluding hydrogens is 272 g/mol. The van der Waals surface area contributed by atoms with Gasteiger partial charge in [-0.2, -0.15) is 0 Å². The Morgan fingerprint density at radius 3 is 2.64 bits per heavy atom. The van der Waals surface area contributed by atoms with E-state index in [2.05, 4.69) is 73.7 Å². The van der Waals surface area contributed by atoms with Crippen molar-refractivity contribution in [3.05, 3.63) is 35.9 Å². The molecule has 1 aromatic carbocycles. The monoisotopic (exact) mass is 302 g/mol. The Morgan fingerprint density at radius 1 is 1.36 bits per heavy atom. The molecular formula is C18H30N4. The maximum atomic E-state index is 4.74. The lowest BCUT2D eigenvalue weighted by Gasteiger charge is -2.24. The standard InChI is InChI=1S/C18H30N4/c1-5-19-18(21-17-11-14(17)2)20-12-15(3)22(4)13-16-9-7-6-8-10-16/h6-10,14-15,17H,5,11-13H2,1-4H3,(H2,19,20,21). The van der Waals surface area contributed by atoms with Crippen LogP contribution in [-0.4, -0.2) is 43.1 Å². The highest BCUT2D eigenvalue weighted by atomic mass is 15.2. The first-order valence-electron chi connectivity index (χ1n) is 8.39. The van der Waals surface area contributed by atoms with Gasteiger partial charge in [0.15, 0.2) is 5.96 Å². The quantitative estimate of drug-likeness (QED) is 0.600. The van der Waals surface area contributed by atoms with Crippen LogP contribution in [0.4, 0.5) is 0 Å². The number of guanidine groups is 1. The summed E-state index contributed by atoms with van der Waals surface area (Å²) in [4.78, 5) is 7.09. The number of hydrogen-bond acceptors (Lipinski definition) is 2. The van der Waals surface area contributed by atoms with E-state index in [4.69, 9.17) is 4.99 Å². The van der Waals surface area contributed by atoms with Crippen molar-refractivity contribution < 1.29 is 0 Å². The molecule has 1 aromatic rings. The maximum Gasteiger partial charge on any atom is 0.191 e. The summed E-state index contributed by atoms with van der Waals surface area (Å²) >= 11 is 0. The Morgan fingerprint density at radius 2 is 2.05 bits per heavy atom. The zero-order valence-electron chi connectivity index (χ0n) is 14.3. The minimum Gasteiger partial charge on any atom is -0.357 e. The molecule has 4 nitrogen and oxygen atoms in total. The predicted octanol–water partition coefficient (Wildman–Crippen LogP) is 2.47. The Bertz CT molecular complexity index is 471. The molecule has 2 N–H and O–H groups in total. The van der Waals surface area contributed by atoms with Gasteiger partial charge in [0.1, 0.15) is 0 Å². The van der Waals surface area contributed by atoms with Gasteiger partial charge in [-0.05, 0) is 38.8 Å². The highest BCUT2D eigenvalue weighted by molar-refractivity contribution is 5.80. The van der Waals surface area contributed by atoms with Gasteiger partial charge in [-0.15, -0.1) is 0 Å². The van der Waals surface area contributed by atoms with Gasteiger partial charge in [-0.3, -0.25) is 9.89 Å². The highest BCUT2D eigenvalue weighted by Gasteiger charge is 2.33. The van der Waals surface area contributed by atoms with E-state index in [9.17, 15) is 0 Å². The summed E-state index contributed by atoms with van der Waals surface area (Å²) in [5.74, 6) is 1.74. The van der Waals surface area contributed by atoms with Crippen LogP contribution in [0.2, 0.25) is 0 Å². The third kappa shape index (κ3) is 5.34. The van der Waals surface area contributed by atoms with Gasteiger partial charge in [0.2, 0.25) is 0 Å². The first kappa shape index (κ1) is 16.8. The average Bonchev–Trinajstić information content (AvgIpc) is 3.20. The summed E-state index contributed by atoms with van der Waals surface area (Å²) in [5, 5.41) is 6.84. The molecule has 0 aliphatic heterocycles. The molecule has 1 aliphatic rings. The molecule has 0 aromatic heterocycles. The Labute approximate surface area is 135 Å². The fourth-order valence-electron chi connectivity index (χ4n) is 2.41. The molecule has 0 saturated heterocycles. The van der Waals surface area contributed by atoms with E-state index in [0.29, 0.717) is 12.1 Å². The summed E-state index contributed by atoms with van der Waals surface area (Å²) in [6.45, 7) is 9.29. The maximum absolute atomic E-state index is 4.74. The molecule has 0 radical (unpaired) electrons. The normalized spacial score (nSPS) is 22.5. The molecule has 0 amide bonds. The fraction of sp³-hybridized carbons (Fsp3) is 0.611. The van der Waals surface area contributed by atoms with Crippen LogP contribution in [0.25, 0.3) is 0 Å². The first-order chi connectivity index (χ1) is 10.6. The summed E-state index contributed by atoms with van der Waals surface area (Å²) in [5.41, 5.74) is 1.35. The molecule has 3 atom stereocenters. The van der Waals surface area contributed by atoms with Crippen LogP contribution in [0.5, 0.6) is 0 Å². The summed E-state index contributed by atoms with van der Waals surface area (Å²) in [6, 6.07) is 11.6. The Kier molecular flexibility index (Phi) is 6.25. The molecule has 4 heteroatoms. The molecule has 1 aliphatic carbocycles. The number of benzene rings is 1. The van der Waals surface area contributed by atoms with Crippen molar-refractivity contribution >= 4 is 5.96 Å². The zero-order valence-corrected chi connectivity index (χ0v) is 14.3. The number of aliphatic imine (C=N–C) groups is 1. The zero-order chi connectivity index (χ0) is 15.9. The van der Waals surface area contributed by atoms with Gasteiger partial charge in [-0.25, -0.2) is 0 Å². The fourth-order valence-corrected chi connectivity index (χ4v) is 2.41. The van der Waals surface area contributed by atoms with Gasteiger partial charge in [0, 0.05) is 25.2 Å². The predicted molar refractivity (Wildman–Crippen MR) is 94.1 cm³/mol. The van der Waals surface area contributed by atoms with Crippen LogP contribution in [0.15, 0.2) is 35.3 Å². The second-order valence-corrected chi connectivity index (χ2v) is 6.43. The number of nitrogens with one attached hydrogen (secondary N) is 2. The SMILES string of the molecule is CCNC(=NCC(C)N(C)Cc1ccccc1)NC1CC1C. The van der Waals surface area contributed by atoms with Crippen molar-refractivity contribution in [1.29, 1.82) is 0 Å². The van der Waals surface area contributed by atoms with Gasteiger partial charge >= 0.3 is 0 Å². The third-order valence-electron chi connectivity index (χ3n) is 4.32. The van der Waals surface area contributed by atoms with E-state index in [1.54, 1.807) is 0 Å². The topological polar surface area (TPSA) is 39.7 Å². The lowest BCUT2D eigenvalue weighted by atomic mass is 10.2. The van der Waals surface area contributed by atoms with Crippen LogP contribution >= 0.6 is 0 Å². The van der Waals surface area contributed by atoms with E-state index in [1.165, 1.54) is 12.0 Å². The van der Waals surface area contributed by atoms with E-state index >= 15 is 0 Å². The summed E-state index contributed by atoms with van der Waals surface area (Å²) in [7, 11) is 2.16. The van der Waals surface area contributed by atoms with E-state index in [1.807, 2.05) is 0 Å². The largest absolute Gasteiger partial charge is 0.357 e. The number of hydrogen-bond donors (Lipinski definition) is 2. The van der Waals surface area contributed by atoms with Gasteiger partial charge < -0.3 is 10.6 Å². The summed E-state index contributed by atoms with van der Waals surface area (Å²) in [6.07, 6.45) is 1.26. The highest BCUT2D eigenvalue weighted by Crippen LogP contribution is 2.28. The Hall–Kier alpha value is -1.55. The molecule has 1 fully saturated rings. The van der Waals surface area contributed by atoms with Crippen molar-refractivity contribution in [3.63, 3.8) is 0 Å². The second-order valence-electron chi connectivity index (χ2n) is 6.43. The van der Waals surface area contributed by atoms with Crippen LogP contribution in [0, 0.1) is 5.92 Å². The van der Waals surface area contributed by atoms with Crippen LogP contribution in [0.1, 0.15) is 32.8 Å². The molecule has 1 saturated carbocycles. The lowest BCUT2D eigenvalue weighted by Crippen LogP contribution is -2.40. The van der Waals surface area contributed by atoms with Gasteiger partial charge in [0.25, 0.3) is 0 Å². The van der Waals surface area contributed by atoms with Gasteiger partial charge in [-0.1, -0.05) is 37.3 Å². The molecule has 22 heavy (non-hydrogen) atoms. The molecule has 2 rings (SSSR count). The van der Waals surface area contributed by atoms with Crippen LogP contribution in [-0.2, 0) is 6.54 Å². The molecule has 122 valence electrons. The third-order valence-corrected chi connectivity index (χ3v) is 4.32. The van der Waals surface area contributed by atoms with E-state index in [-0.39, 0.29) is 0 Å². The molecule has 0 bridgehead atoms. The first-order valence-corrected chi connectivity index (χ1v) is 8.39. The van der Waals surface area contributed by atoms with Crippen molar-refractivity contribution in [2.75, 3.05) is 20.1 Å². The minimum absolute atomic E-state index is 0.410. The van der Waals surface area contributed by atoms with Crippen molar-refractivity contribution in [2.45, 2.75) is 45.8 Å². The second kappa shape index (κ2) is 8.18. The lowest BCUT2D eigenvalue weighted by molar-refractivity contribution is 0.255. The van der Waals surface area contributed by atoms with Gasteiger partial charge in [0.05, 0.1) is 6.54 Å². The number of rotatable bonds is 7. The average molecular weight is 302 g/mol. The Balaban J connectivity index is 1.82. The molecule has 0 heterocycles. The van der Waals surface area contributed by atoms with Crippen LogP contribution in [0.3, 0.4) is 0 Å². The number of nitrogens with zero attached hydrogens (tertiary/aromatic N) is 2. The minimum atomic E-state index is 0.410. The van der Waals surface area contributed by atoms with Crippen molar-refractivity contribution in [3.8, 4) is 0 Å². The van der Waals surface area contributed by atoms with Crippen LogP contribution < -0.4 is 10.6 Å². The smallest absolute Gasteiger partial charge is 0.191 e. The summed E-state index contributed by atoms with van der Waals surface area (Å²) < 4.78 is 0. The van der Waals surface area contributed by atoms with Crippen molar-refractivity contribution in [2.24, 2.45) is 10.9 Å².